The highest BCUT2D eigenvalue weighted by Crippen LogP contribution is 2.33. The number of carbonyl (C=O) groups is 4. The maximum absolute atomic E-state index is 13.6. The number of anilines is 1. The van der Waals surface area contributed by atoms with Gasteiger partial charge < -0.3 is 16.0 Å². The first-order chi connectivity index (χ1) is 17.2. The van der Waals surface area contributed by atoms with E-state index >= 15 is 0 Å². The fraction of sp³-hybridized carbons (Fsp3) is 0.360. The molecule has 11 heteroatoms. The number of likely N-dealkylation sites (N-methyl/N-ethyl adjacent to an activating group) is 2. The van der Waals surface area contributed by atoms with Crippen LogP contribution in [-0.4, -0.2) is 76.1 Å². The third kappa shape index (κ3) is 4.77. The van der Waals surface area contributed by atoms with Crippen LogP contribution in [0.25, 0.3) is 0 Å². The van der Waals surface area contributed by atoms with Crippen molar-refractivity contribution in [2.45, 2.75) is 31.8 Å². The highest BCUT2D eigenvalue weighted by molar-refractivity contribution is 6.14. The Kier molecular flexibility index (Phi) is 7.00. The molecule has 1 fully saturated rings. The number of aromatic nitrogens is 1. The quantitative estimate of drug-likeness (QED) is 0.578. The van der Waals surface area contributed by atoms with Gasteiger partial charge in [0.25, 0.3) is 11.8 Å². The third-order valence-electron chi connectivity index (χ3n) is 6.46. The molecule has 1 aromatic heterocycles. The summed E-state index contributed by atoms with van der Waals surface area (Å²) >= 11 is 0. The molecule has 1 saturated heterocycles. The molecule has 1 unspecified atom stereocenters. The second-order valence-corrected chi connectivity index (χ2v) is 8.93. The van der Waals surface area contributed by atoms with Crippen molar-refractivity contribution in [2.24, 2.45) is 10.9 Å². The maximum atomic E-state index is 13.6. The number of likely N-dealkylation sites (tertiary alicyclic amines) is 1. The monoisotopic (exact) mass is 491 g/mol. The lowest BCUT2D eigenvalue weighted by Gasteiger charge is -2.46. The van der Waals surface area contributed by atoms with Gasteiger partial charge in [-0.25, -0.2) is 9.78 Å². The van der Waals surface area contributed by atoms with Crippen LogP contribution in [0.3, 0.4) is 0 Å². The molecule has 0 bridgehead atoms. The van der Waals surface area contributed by atoms with Crippen molar-refractivity contribution in [3.05, 3.63) is 59.8 Å². The summed E-state index contributed by atoms with van der Waals surface area (Å²) in [5.74, 6) is -1.66. The highest BCUT2D eigenvalue weighted by Gasteiger charge is 2.56. The summed E-state index contributed by atoms with van der Waals surface area (Å²) in [6, 6.07) is 10.7. The van der Waals surface area contributed by atoms with Gasteiger partial charge in [-0.15, -0.1) is 0 Å². The molecule has 3 heterocycles. The number of nitrogens with one attached hydrogen (secondary N) is 1. The van der Waals surface area contributed by atoms with E-state index in [2.05, 4.69) is 15.3 Å². The van der Waals surface area contributed by atoms with Crippen molar-refractivity contribution >= 4 is 35.5 Å². The average molecular weight is 492 g/mol. The van der Waals surface area contributed by atoms with Gasteiger partial charge in [0, 0.05) is 20.3 Å². The first-order valence-electron chi connectivity index (χ1n) is 11.7. The van der Waals surface area contributed by atoms with Gasteiger partial charge in [0.1, 0.15) is 18.4 Å². The van der Waals surface area contributed by atoms with Crippen LogP contribution < -0.4 is 11.1 Å². The van der Waals surface area contributed by atoms with Crippen LogP contribution in [0.4, 0.5) is 10.6 Å². The Hall–Kier alpha value is -4.28. The van der Waals surface area contributed by atoms with Crippen molar-refractivity contribution in [3.63, 3.8) is 0 Å². The molecule has 36 heavy (non-hydrogen) atoms. The molecule has 5 amide bonds. The molecule has 4 rings (SSSR count). The van der Waals surface area contributed by atoms with E-state index in [1.54, 1.807) is 24.1 Å². The largest absolute Gasteiger partial charge is 0.384 e. The number of nitrogens with two attached hydrogens (primary N) is 1. The predicted molar refractivity (Wildman–Crippen MR) is 132 cm³/mol. The molecule has 3 atom stereocenters. The second-order valence-electron chi connectivity index (χ2n) is 8.93. The van der Waals surface area contributed by atoms with E-state index in [0.717, 1.165) is 16.0 Å². The van der Waals surface area contributed by atoms with E-state index < -0.39 is 29.8 Å². The van der Waals surface area contributed by atoms with Crippen LogP contribution in [0.5, 0.6) is 0 Å². The first-order valence-corrected chi connectivity index (χ1v) is 11.7. The third-order valence-corrected chi connectivity index (χ3v) is 6.46. The van der Waals surface area contributed by atoms with Gasteiger partial charge in [0.2, 0.25) is 11.9 Å². The Morgan fingerprint density at radius 3 is 2.56 bits per heavy atom. The SMILES string of the molecule is CCC(NC(=O)N1C(=O)[C@H](Cc2ccnc(N)c2)[C@H]1C(=O)N(C)C1=NC(=O)CN1C)c1ccccc1. The Labute approximate surface area is 209 Å². The van der Waals surface area contributed by atoms with E-state index in [1.807, 2.05) is 37.3 Å². The molecule has 1 aromatic carbocycles. The molecular formula is C25H29N7O4. The van der Waals surface area contributed by atoms with E-state index in [1.165, 1.54) is 18.1 Å². The number of aliphatic imine (C=N–C) groups is 1. The molecule has 0 spiro atoms. The molecule has 2 aliphatic rings. The summed E-state index contributed by atoms with van der Waals surface area (Å²) in [6.45, 7) is 1.98. The number of pyridine rings is 1. The summed E-state index contributed by atoms with van der Waals surface area (Å²) < 4.78 is 0. The van der Waals surface area contributed by atoms with Crippen molar-refractivity contribution in [3.8, 4) is 0 Å². The smallest absolute Gasteiger partial charge is 0.325 e. The normalized spacial score (nSPS) is 20.0. The Balaban J connectivity index is 1.60. The number of hydrogen-bond acceptors (Lipinski definition) is 7. The van der Waals surface area contributed by atoms with Gasteiger partial charge in [-0.2, -0.15) is 4.99 Å². The Morgan fingerprint density at radius 1 is 1.22 bits per heavy atom. The number of urea groups is 1. The zero-order chi connectivity index (χ0) is 26.0. The molecule has 0 radical (unpaired) electrons. The Morgan fingerprint density at radius 2 is 1.94 bits per heavy atom. The first kappa shape index (κ1) is 24.8. The van der Waals surface area contributed by atoms with Gasteiger partial charge in [-0.3, -0.25) is 24.2 Å². The topological polar surface area (TPSA) is 141 Å². The molecule has 0 saturated carbocycles. The standard InChI is InChI=1S/C25H29N7O4/c1-4-18(16-8-6-5-7-9-16)28-25(36)32-21(23(35)31(3)24-29-20(33)14-30(24)2)17(22(32)34)12-15-10-11-27-19(26)13-15/h5-11,13,17-18,21H,4,12,14H2,1-3H3,(H2,26,27)(H,28,36)/t17-,18?,21+/m1/s1. The lowest BCUT2D eigenvalue weighted by Crippen LogP contribution is -2.71. The van der Waals surface area contributed by atoms with Crippen LogP contribution in [0.15, 0.2) is 53.7 Å². The van der Waals surface area contributed by atoms with Gasteiger partial charge in [0.05, 0.1) is 12.0 Å². The summed E-state index contributed by atoms with van der Waals surface area (Å²) in [6.07, 6.45) is 2.33. The number of carbonyl (C=O) groups excluding carboxylic acids is 4. The van der Waals surface area contributed by atoms with Crippen LogP contribution in [-0.2, 0) is 20.8 Å². The van der Waals surface area contributed by atoms with Crippen LogP contribution in [0.1, 0.15) is 30.5 Å². The lowest BCUT2D eigenvalue weighted by atomic mass is 9.81. The number of rotatable bonds is 6. The second kappa shape index (κ2) is 10.1. The molecule has 0 aliphatic carbocycles. The zero-order valence-corrected chi connectivity index (χ0v) is 20.4. The minimum absolute atomic E-state index is 0.0513. The van der Waals surface area contributed by atoms with E-state index in [9.17, 15) is 19.2 Å². The van der Waals surface area contributed by atoms with Gasteiger partial charge in [-0.1, -0.05) is 37.3 Å². The minimum atomic E-state index is -1.07. The molecule has 2 aromatic rings. The summed E-state index contributed by atoms with van der Waals surface area (Å²) in [5, 5.41) is 2.89. The number of amides is 5. The molecule has 11 nitrogen and oxygen atoms in total. The summed E-state index contributed by atoms with van der Waals surface area (Å²) in [4.78, 5) is 63.6. The fourth-order valence-electron chi connectivity index (χ4n) is 4.59. The van der Waals surface area contributed by atoms with E-state index in [-0.39, 0.29) is 30.9 Å². The Bertz CT molecular complexity index is 1220. The zero-order valence-electron chi connectivity index (χ0n) is 20.4. The lowest BCUT2D eigenvalue weighted by molar-refractivity contribution is -0.160. The molecule has 188 valence electrons. The summed E-state index contributed by atoms with van der Waals surface area (Å²) in [7, 11) is 3.13. The minimum Gasteiger partial charge on any atom is -0.384 e. The van der Waals surface area contributed by atoms with Gasteiger partial charge >= 0.3 is 6.03 Å². The number of nitrogens with zero attached hydrogens (tertiary/aromatic N) is 5. The van der Waals surface area contributed by atoms with Crippen molar-refractivity contribution < 1.29 is 19.2 Å². The van der Waals surface area contributed by atoms with Crippen LogP contribution in [0.2, 0.25) is 0 Å². The number of benzene rings is 1. The molecule has 2 aliphatic heterocycles. The molecule has 3 N–H and O–H groups in total. The average Bonchev–Trinajstić information content (AvgIpc) is 3.21. The number of imide groups is 1. The number of β-lactam (4-membered cyclic amide) rings is 1. The number of guanidine groups is 1. The highest BCUT2D eigenvalue weighted by atomic mass is 16.2. The van der Waals surface area contributed by atoms with Gasteiger partial charge in [0.15, 0.2) is 0 Å². The number of hydrogen-bond donors (Lipinski definition) is 2. The van der Waals surface area contributed by atoms with E-state index in [4.69, 9.17) is 5.73 Å². The van der Waals surface area contributed by atoms with Crippen molar-refractivity contribution in [2.75, 3.05) is 26.4 Å². The summed E-state index contributed by atoms with van der Waals surface area (Å²) in [5.41, 5.74) is 7.40. The predicted octanol–water partition coefficient (Wildman–Crippen LogP) is 1.18. The van der Waals surface area contributed by atoms with Crippen molar-refractivity contribution in [1.29, 1.82) is 0 Å². The van der Waals surface area contributed by atoms with Gasteiger partial charge in [-0.05, 0) is 36.1 Å². The number of nitrogen functional groups attached to an aromatic ring is 1. The molecular weight excluding hydrogens is 462 g/mol. The van der Waals surface area contributed by atoms with Crippen molar-refractivity contribution in [1.82, 2.24) is 25.0 Å². The van der Waals surface area contributed by atoms with Crippen LogP contribution >= 0.6 is 0 Å². The maximum Gasteiger partial charge on any atom is 0.325 e. The van der Waals surface area contributed by atoms with Crippen LogP contribution in [0, 0.1) is 5.92 Å². The fourth-order valence-corrected chi connectivity index (χ4v) is 4.59. The van der Waals surface area contributed by atoms with E-state index in [0.29, 0.717) is 12.2 Å².